The van der Waals surface area contributed by atoms with E-state index in [1.54, 1.807) is 19.1 Å². The molecule has 0 amide bonds. The van der Waals surface area contributed by atoms with Crippen molar-refractivity contribution in [2.75, 3.05) is 18.2 Å². The number of halogens is 4. The summed E-state index contributed by atoms with van der Waals surface area (Å²) in [7, 11) is 1.30. The lowest BCUT2D eigenvalue weighted by Crippen LogP contribution is -2.04. The van der Waals surface area contributed by atoms with E-state index in [9.17, 15) is 17.6 Å². The fourth-order valence-corrected chi connectivity index (χ4v) is 2.87. The molecular formula is C20H16F4N2O. The molecule has 3 N–H and O–H groups in total. The molecule has 0 atom stereocenters. The molecule has 27 heavy (non-hydrogen) atoms. The van der Waals surface area contributed by atoms with Crippen molar-refractivity contribution in [3.05, 3.63) is 71.3 Å². The van der Waals surface area contributed by atoms with Gasteiger partial charge in [0.15, 0.2) is 5.82 Å². The molecule has 0 heterocycles. The molecule has 3 rings (SSSR count). The van der Waals surface area contributed by atoms with E-state index in [1.807, 2.05) is 0 Å². The zero-order valence-electron chi connectivity index (χ0n) is 14.5. The smallest absolute Gasteiger partial charge is 0.151 e. The Morgan fingerprint density at radius 3 is 2.15 bits per heavy atom. The van der Waals surface area contributed by atoms with Crippen LogP contribution in [0, 0.1) is 30.2 Å². The maximum absolute atomic E-state index is 14.6. The molecule has 0 spiro atoms. The maximum atomic E-state index is 14.6. The molecular weight excluding hydrogens is 360 g/mol. The van der Waals surface area contributed by atoms with Gasteiger partial charge in [-0.3, -0.25) is 0 Å². The van der Waals surface area contributed by atoms with Gasteiger partial charge in [-0.2, -0.15) is 0 Å². The first-order chi connectivity index (χ1) is 12.8. The van der Waals surface area contributed by atoms with Gasteiger partial charge in [-0.15, -0.1) is 0 Å². The third-order valence-electron chi connectivity index (χ3n) is 4.12. The number of ether oxygens (including phenoxy) is 1. The Morgan fingerprint density at radius 2 is 1.56 bits per heavy atom. The second-order valence-corrected chi connectivity index (χ2v) is 5.94. The third kappa shape index (κ3) is 3.53. The first-order valence-corrected chi connectivity index (χ1v) is 7.96. The van der Waals surface area contributed by atoms with E-state index in [1.165, 1.54) is 13.2 Å². The predicted octanol–water partition coefficient (Wildman–Crippen LogP) is 5.55. The van der Waals surface area contributed by atoms with Gasteiger partial charge in [0.2, 0.25) is 0 Å². The van der Waals surface area contributed by atoms with Crippen LogP contribution in [0.2, 0.25) is 0 Å². The molecule has 0 saturated heterocycles. The number of methoxy groups -OCH3 is 1. The average molecular weight is 376 g/mol. The molecule has 7 heteroatoms. The Hall–Kier alpha value is -3.22. The van der Waals surface area contributed by atoms with Crippen molar-refractivity contribution in [2.45, 2.75) is 6.92 Å². The number of hydrogen-bond acceptors (Lipinski definition) is 3. The second-order valence-electron chi connectivity index (χ2n) is 5.94. The second kappa shape index (κ2) is 7.19. The van der Waals surface area contributed by atoms with E-state index >= 15 is 0 Å². The van der Waals surface area contributed by atoms with Gasteiger partial charge in [-0.1, -0.05) is 12.1 Å². The molecule has 0 bridgehead atoms. The number of benzene rings is 3. The largest absolute Gasteiger partial charge is 0.497 e. The fraction of sp³-hybridized carbons (Fsp3) is 0.100. The molecule has 0 fully saturated rings. The molecule has 3 aromatic rings. The van der Waals surface area contributed by atoms with Crippen molar-refractivity contribution in [1.82, 2.24) is 0 Å². The maximum Gasteiger partial charge on any atom is 0.151 e. The van der Waals surface area contributed by atoms with Crippen LogP contribution in [0.5, 0.6) is 5.75 Å². The highest BCUT2D eigenvalue weighted by Crippen LogP contribution is 2.39. The molecule has 0 aromatic heterocycles. The highest BCUT2D eigenvalue weighted by molar-refractivity contribution is 5.86. The molecule has 0 unspecified atom stereocenters. The molecule has 3 nitrogen and oxygen atoms in total. The van der Waals surface area contributed by atoms with Crippen LogP contribution in [0.15, 0.2) is 42.5 Å². The van der Waals surface area contributed by atoms with Gasteiger partial charge in [0, 0.05) is 29.4 Å². The highest BCUT2D eigenvalue weighted by Gasteiger charge is 2.20. The summed E-state index contributed by atoms with van der Waals surface area (Å²) in [6.07, 6.45) is 0. The minimum Gasteiger partial charge on any atom is -0.497 e. The number of hydrogen-bond donors (Lipinski definition) is 2. The molecule has 0 radical (unpaired) electrons. The van der Waals surface area contributed by atoms with E-state index in [4.69, 9.17) is 10.5 Å². The number of nitrogens with one attached hydrogen (secondary N) is 1. The summed E-state index contributed by atoms with van der Waals surface area (Å²) >= 11 is 0. The number of nitrogens with two attached hydrogens (primary N) is 1. The fourth-order valence-electron chi connectivity index (χ4n) is 2.87. The van der Waals surface area contributed by atoms with Crippen LogP contribution in [0.1, 0.15) is 5.56 Å². The average Bonchev–Trinajstić information content (AvgIpc) is 2.59. The van der Waals surface area contributed by atoms with Gasteiger partial charge in [-0.05, 0) is 24.6 Å². The molecule has 3 aromatic carbocycles. The summed E-state index contributed by atoms with van der Waals surface area (Å²) in [6, 6.07) is 8.56. The summed E-state index contributed by atoms with van der Waals surface area (Å²) in [5.41, 5.74) is 6.00. The number of anilines is 3. The first-order valence-electron chi connectivity index (χ1n) is 7.96. The van der Waals surface area contributed by atoms with Crippen LogP contribution >= 0.6 is 0 Å². The summed E-state index contributed by atoms with van der Waals surface area (Å²) in [6.45, 7) is 1.66. The molecule has 0 aliphatic heterocycles. The number of nitrogen functional groups attached to an aromatic ring is 1. The van der Waals surface area contributed by atoms with Crippen LogP contribution in [-0.4, -0.2) is 7.11 Å². The Bertz CT molecular complexity index is 975. The van der Waals surface area contributed by atoms with Gasteiger partial charge in [-0.25, -0.2) is 17.6 Å². The summed E-state index contributed by atoms with van der Waals surface area (Å²) in [5, 5.41) is 2.73. The van der Waals surface area contributed by atoms with Gasteiger partial charge >= 0.3 is 0 Å². The van der Waals surface area contributed by atoms with Crippen molar-refractivity contribution in [3.8, 4) is 16.9 Å². The predicted molar refractivity (Wildman–Crippen MR) is 97.1 cm³/mol. The van der Waals surface area contributed by atoms with Gasteiger partial charge in [0.1, 0.15) is 23.2 Å². The van der Waals surface area contributed by atoms with Crippen LogP contribution in [0.4, 0.5) is 34.6 Å². The Balaban J connectivity index is 2.18. The Kier molecular flexibility index (Phi) is 4.94. The standard InChI is InChI=1S/C20H16F4N2O/c1-10-4-3-5-17(26-20-15(24)6-11(21)7-16(20)25)18(10)19-13(22)8-12(27-2)9-14(19)23/h3-9,26H,25H2,1-2H3. The van der Waals surface area contributed by atoms with Crippen LogP contribution in [0.3, 0.4) is 0 Å². The lowest BCUT2D eigenvalue weighted by Gasteiger charge is -2.18. The van der Waals surface area contributed by atoms with E-state index in [0.29, 0.717) is 11.6 Å². The van der Waals surface area contributed by atoms with Crippen molar-refractivity contribution >= 4 is 17.1 Å². The van der Waals surface area contributed by atoms with Gasteiger partial charge < -0.3 is 15.8 Å². The zero-order chi connectivity index (χ0) is 19.7. The van der Waals surface area contributed by atoms with Crippen molar-refractivity contribution in [2.24, 2.45) is 0 Å². The first kappa shape index (κ1) is 18.6. The van der Waals surface area contributed by atoms with E-state index in [-0.39, 0.29) is 33.9 Å². The van der Waals surface area contributed by atoms with Crippen LogP contribution in [-0.2, 0) is 0 Å². The van der Waals surface area contributed by atoms with Gasteiger partial charge in [0.25, 0.3) is 0 Å². The topological polar surface area (TPSA) is 47.3 Å². The number of aryl methyl sites for hydroxylation is 1. The molecule has 140 valence electrons. The van der Waals surface area contributed by atoms with Crippen molar-refractivity contribution in [3.63, 3.8) is 0 Å². The Labute approximate surface area is 153 Å². The highest BCUT2D eigenvalue weighted by atomic mass is 19.1. The number of rotatable bonds is 4. The minimum atomic E-state index is -0.921. The lowest BCUT2D eigenvalue weighted by atomic mass is 9.97. The quantitative estimate of drug-likeness (QED) is 0.463. The minimum absolute atomic E-state index is 0.0330. The normalized spacial score (nSPS) is 10.7. The molecule has 0 aliphatic carbocycles. The van der Waals surface area contributed by atoms with E-state index < -0.39 is 23.3 Å². The van der Waals surface area contributed by atoms with Crippen molar-refractivity contribution < 1.29 is 22.3 Å². The molecule has 0 saturated carbocycles. The summed E-state index contributed by atoms with van der Waals surface area (Å²) in [4.78, 5) is 0. The van der Waals surface area contributed by atoms with Crippen LogP contribution in [0.25, 0.3) is 11.1 Å². The summed E-state index contributed by atoms with van der Waals surface area (Å²) in [5.74, 6) is -3.39. The van der Waals surface area contributed by atoms with Crippen molar-refractivity contribution in [1.29, 1.82) is 0 Å². The SMILES string of the molecule is COc1cc(F)c(-c2c(C)cccc2Nc2c(N)cc(F)cc2F)c(F)c1. The Morgan fingerprint density at radius 1 is 0.889 bits per heavy atom. The molecule has 0 aliphatic rings. The van der Waals surface area contributed by atoms with E-state index in [0.717, 1.165) is 18.2 Å². The van der Waals surface area contributed by atoms with E-state index in [2.05, 4.69) is 5.32 Å². The lowest BCUT2D eigenvalue weighted by molar-refractivity contribution is 0.407. The summed E-state index contributed by atoms with van der Waals surface area (Å²) < 4.78 is 61.5. The van der Waals surface area contributed by atoms with Crippen LogP contribution < -0.4 is 15.8 Å². The van der Waals surface area contributed by atoms with Gasteiger partial charge in [0.05, 0.1) is 24.0 Å². The third-order valence-corrected chi connectivity index (χ3v) is 4.12. The monoisotopic (exact) mass is 376 g/mol. The zero-order valence-corrected chi connectivity index (χ0v) is 14.5.